The Morgan fingerprint density at radius 3 is 2.90 bits per heavy atom. The summed E-state index contributed by atoms with van der Waals surface area (Å²) in [5.74, 6) is -0.0474. The Morgan fingerprint density at radius 1 is 1.17 bits per heavy atom. The molecule has 0 radical (unpaired) electrons. The molecule has 3 N–H and O–H groups in total. The predicted molar refractivity (Wildman–Crippen MR) is 115 cm³/mol. The summed E-state index contributed by atoms with van der Waals surface area (Å²) in [7, 11) is 0. The predicted octanol–water partition coefficient (Wildman–Crippen LogP) is 1.86. The average Bonchev–Trinajstić information content (AvgIpc) is 3.43. The summed E-state index contributed by atoms with van der Waals surface area (Å²) < 4.78 is 1.63. The van der Waals surface area contributed by atoms with Gasteiger partial charge in [0.05, 0.1) is 11.9 Å². The van der Waals surface area contributed by atoms with E-state index in [-0.39, 0.29) is 24.0 Å². The first-order chi connectivity index (χ1) is 14.7. The first-order valence-corrected chi connectivity index (χ1v) is 10.5. The van der Waals surface area contributed by atoms with Gasteiger partial charge in [-0.1, -0.05) is 53.7 Å². The first kappa shape index (κ1) is 18.8. The molecule has 30 heavy (non-hydrogen) atoms. The zero-order chi connectivity index (χ0) is 20.4. The highest BCUT2D eigenvalue weighted by Crippen LogP contribution is 2.46. The van der Waals surface area contributed by atoms with Crippen LogP contribution in [-0.4, -0.2) is 40.2 Å². The Hall–Kier alpha value is -3.19. The van der Waals surface area contributed by atoms with E-state index in [0.717, 1.165) is 31.5 Å². The second-order valence-electron chi connectivity index (χ2n) is 8.15. The molecule has 1 saturated heterocycles. The van der Waals surface area contributed by atoms with E-state index in [9.17, 15) is 4.79 Å². The molecule has 3 heterocycles. The lowest BCUT2D eigenvalue weighted by atomic mass is 9.76. The van der Waals surface area contributed by atoms with E-state index in [4.69, 9.17) is 0 Å². The number of carbonyl (C=O) groups is 1. The summed E-state index contributed by atoms with van der Waals surface area (Å²) in [6.45, 7) is 1.78. The van der Waals surface area contributed by atoms with Crippen LogP contribution < -0.4 is 16.0 Å². The smallest absolute Gasteiger partial charge is 0.241 e. The quantitative estimate of drug-likeness (QED) is 0.562. The molecule has 7 heteroatoms. The van der Waals surface area contributed by atoms with Crippen LogP contribution in [0.4, 0.5) is 5.69 Å². The van der Waals surface area contributed by atoms with Crippen molar-refractivity contribution in [2.75, 3.05) is 18.4 Å². The van der Waals surface area contributed by atoms with Crippen molar-refractivity contribution in [1.82, 2.24) is 25.6 Å². The maximum Gasteiger partial charge on any atom is 0.241 e. The number of fused-ring (bicyclic) bond motifs is 3. The highest BCUT2D eigenvalue weighted by Gasteiger charge is 2.50. The summed E-state index contributed by atoms with van der Waals surface area (Å²) in [6, 6.07) is 18.6. The van der Waals surface area contributed by atoms with Gasteiger partial charge < -0.3 is 10.6 Å². The molecule has 154 valence electrons. The second kappa shape index (κ2) is 7.91. The molecule has 0 bridgehead atoms. The van der Waals surface area contributed by atoms with Crippen molar-refractivity contribution in [2.45, 2.75) is 37.4 Å². The van der Waals surface area contributed by atoms with Gasteiger partial charge in [0.15, 0.2) is 0 Å². The summed E-state index contributed by atoms with van der Waals surface area (Å²) in [5, 5.41) is 18.7. The Bertz CT molecular complexity index is 1030. The Kier molecular flexibility index (Phi) is 4.96. The fraction of sp³-hybridized carbons (Fsp3) is 0.348. The zero-order valence-electron chi connectivity index (χ0n) is 16.8. The van der Waals surface area contributed by atoms with Crippen LogP contribution in [0.2, 0.25) is 0 Å². The third-order valence-corrected chi connectivity index (χ3v) is 6.20. The molecule has 0 saturated carbocycles. The van der Waals surface area contributed by atoms with Crippen molar-refractivity contribution in [2.24, 2.45) is 0 Å². The molecule has 2 aliphatic rings. The van der Waals surface area contributed by atoms with E-state index in [1.54, 1.807) is 4.68 Å². The first-order valence-electron chi connectivity index (χ1n) is 10.5. The van der Waals surface area contributed by atoms with Crippen molar-refractivity contribution in [3.8, 4) is 0 Å². The summed E-state index contributed by atoms with van der Waals surface area (Å²) in [6.07, 6.45) is 4.78. The molecule has 2 aromatic carbocycles. The van der Waals surface area contributed by atoms with Gasteiger partial charge >= 0.3 is 0 Å². The van der Waals surface area contributed by atoms with E-state index < -0.39 is 0 Å². The molecule has 0 aliphatic carbocycles. The molecule has 0 spiro atoms. The average molecular weight is 403 g/mol. The lowest BCUT2D eigenvalue weighted by Gasteiger charge is -2.28. The number of anilines is 1. The minimum Gasteiger partial charge on any atom is -0.369 e. The van der Waals surface area contributed by atoms with Gasteiger partial charge in [-0.2, -0.15) is 0 Å². The van der Waals surface area contributed by atoms with Crippen LogP contribution in [0.5, 0.6) is 0 Å². The highest BCUT2D eigenvalue weighted by molar-refractivity contribution is 5.75. The summed E-state index contributed by atoms with van der Waals surface area (Å²) in [5.41, 5.74) is 4.65. The van der Waals surface area contributed by atoms with E-state index in [1.807, 2.05) is 24.4 Å². The SMILES string of the molecule is O=C(Cn1cc(C[C@@]23CCN[C@@H]2Nc2ccccc23)nn1)NCCc1ccccc1. The zero-order valence-corrected chi connectivity index (χ0v) is 16.8. The Morgan fingerprint density at radius 2 is 2.00 bits per heavy atom. The largest absolute Gasteiger partial charge is 0.369 e. The van der Waals surface area contributed by atoms with Crippen LogP contribution in [0.3, 0.4) is 0 Å². The number of benzene rings is 2. The van der Waals surface area contributed by atoms with Gasteiger partial charge in [0.2, 0.25) is 5.91 Å². The summed E-state index contributed by atoms with van der Waals surface area (Å²) >= 11 is 0. The number of para-hydroxylation sites is 1. The number of carbonyl (C=O) groups excluding carboxylic acids is 1. The van der Waals surface area contributed by atoms with Gasteiger partial charge in [-0.15, -0.1) is 5.10 Å². The molecular formula is C23H26N6O. The third kappa shape index (κ3) is 3.57. The van der Waals surface area contributed by atoms with Gasteiger partial charge in [0.1, 0.15) is 6.54 Å². The third-order valence-electron chi connectivity index (χ3n) is 6.20. The summed E-state index contributed by atoms with van der Waals surface area (Å²) in [4.78, 5) is 12.3. The van der Waals surface area contributed by atoms with Crippen LogP contribution in [-0.2, 0) is 29.6 Å². The van der Waals surface area contributed by atoms with Crippen molar-refractivity contribution in [3.05, 3.63) is 77.6 Å². The number of aromatic nitrogens is 3. The molecule has 0 unspecified atom stereocenters. The number of hydrogen-bond donors (Lipinski definition) is 3. The minimum absolute atomic E-state index is 0.0185. The van der Waals surface area contributed by atoms with E-state index in [0.29, 0.717) is 6.54 Å². The van der Waals surface area contributed by atoms with Crippen LogP contribution in [0.1, 0.15) is 23.2 Å². The molecule has 5 rings (SSSR count). The number of hydrogen-bond acceptors (Lipinski definition) is 5. The van der Waals surface area contributed by atoms with E-state index >= 15 is 0 Å². The fourth-order valence-electron chi connectivity index (χ4n) is 4.76. The molecule has 1 aromatic heterocycles. The number of nitrogens with one attached hydrogen (secondary N) is 3. The Labute approximate surface area is 175 Å². The maximum atomic E-state index is 12.3. The fourth-order valence-corrected chi connectivity index (χ4v) is 4.76. The second-order valence-corrected chi connectivity index (χ2v) is 8.15. The number of rotatable bonds is 7. The monoisotopic (exact) mass is 402 g/mol. The molecule has 1 amide bonds. The van der Waals surface area contributed by atoms with E-state index in [1.165, 1.54) is 16.8 Å². The molecule has 7 nitrogen and oxygen atoms in total. The van der Waals surface area contributed by atoms with Crippen LogP contribution >= 0.6 is 0 Å². The number of nitrogens with zero attached hydrogens (tertiary/aromatic N) is 3. The van der Waals surface area contributed by atoms with Crippen molar-refractivity contribution in [1.29, 1.82) is 0 Å². The molecule has 3 aromatic rings. The van der Waals surface area contributed by atoms with Gasteiger partial charge in [-0.25, -0.2) is 4.68 Å². The van der Waals surface area contributed by atoms with Crippen molar-refractivity contribution < 1.29 is 4.79 Å². The molecule has 2 aliphatic heterocycles. The molecule has 1 fully saturated rings. The van der Waals surface area contributed by atoms with Gasteiger partial charge in [0.25, 0.3) is 0 Å². The van der Waals surface area contributed by atoms with E-state index in [2.05, 4.69) is 62.7 Å². The van der Waals surface area contributed by atoms with Crippen molar-refractivity contribution in [3.63, 3.8) is 0 Å². The normalized spacial score (nSPS) is 21.7. The number of amides is 1. The highest BCUT2D eigenvalue weighted by atomic mass is 16.2. The lowest BCUT2D eigenvalue weighted by Crippen LogP contribution is -2.42. The van der Waals surface area contributed by atoms with Crippen LogP contribution in [0, 0.1) is 0 Å². The minimum atomic E-state index is -0.0474. The van der Waals surface area contributed by atoms with Gasteiger partial charge in [0, 0.05) is 30.3 Å². The van der Waals surface area contributed by atoms with Gasteiger partial charge in [-0.05, 0) is 36.6 Å². The van der Waals surface area contributed by atoms with Crippen LogP contribution in [0.15, 0.2) is 60.8 Å². The van der Waals surface area contributed by atoms with Crippen molar-refractivity contribution >= 4 is 11.6 Å². The van der Waals surface area contributed by atoms with Gasteiger partial charge in [-0.3, -0.25) is 10.1 Å². The maximum absolute atomic E-state index is 12.3. The lowest BCUT2D eigenvalue weighted by molar-refractivity contribution is -0.121. The van der Waals surface area contributed by atoms with Crippen LogP contribution in [0.25, 0.3) is 0 Å². The molecular weight excluding hydrogens is 376 g/mol. The molecule has 2 atom stereocenters. The standard InChI is InChI=1S/C23H26N6O/c30-21(24-12-10-17-6-2-1-3-7-17)16-29-15-18(27-28-29)14-23-11-13-25-22(23)26-20-9-5-4-8-19(20)23/h1-9,15,22,25-26H,10-14,16H2,(H,24,30)/t22-,23-/m1/s1. The topological polar surface area (TPSA) is 83.9 Å². The Balaban J connectivity index is 1.20.